The predicted octanol–water partition coefficient (Wildman–Crippen LogP) is 1.56. The van der Waals surface area contributed by atoms with Gasteiger partial charge in [-0.05, 0) is 30.6 Å². The molecule has 0 bridgehead atoms. The highest BCUT2D eigenvalue weighted by Gasteiger charge is 2.30. The highest BCUT2D eigenvalue weighted by Crippen LogP contribution is 2.23. The maximum atomic E-state index is 12.6. The Kier molecular flexibility index (Phi) is 5.10. The van der Waals surface area contributed by atoms with E-state index in [0.717, 1.165) is 17.2 Å². The molecule has 0 aromatic carbocycles. The third kappa shape index (κ3) is 3.63. The van der Waals surface area contributed by atoms with Crippen LogP contribution in [-0.4, -0.2) is 62.9 Å². The molecule has 0 spiro atoms. The van der Waals surface area contributed by atoms with Gasteiger partial charge in [-0.2, -0.15) is 0 Å². The monoisotopic (exact) mass is 398 g/mol. The number of nitrogens with zero attached hydrogens (tertiary/aromatic N) is 5. The third-order valence-corrected chi connectivity index (χ3v) is 5.96. The van der Waals surface area contributed by atoms with Gasteiger partial charge in [0, 0.05) is 37.6 Å². The molecule has 0 unspecified atom stereocenters. The van der Waals surface area contributed by atoms with Crippen LogP contribution in [0, 0.1) is 0 Å². The van der Waals surface area contributed by atoms with Crippen molar-refractivity contribution in [1.29, 1.82) is 0 Å². The van der Waals surface area contributed by atoms with E-state index in [1.54, 1.807) is 36.6 Å². The molecule has 1 fully saturated rings. The summed E-state index contributed by atoms with van der Waals surface area (Å²) in [7, 11) is 2.01. The summed E-state index contributed by atoms with van der Waals surface area (Å²) in [6.07, 6.45) is 1.77. The quantitative estimate of drug-likeness (QED) is 0.721. The molecule has 1 saturated heterocycles. The first kappa shape index (κ1) is 18.6. The van der Waals surface area contributed by atoms with Crippen LogP contribution in [0.2, 0.25) is 0 Å². The van der Waals surface area contributed by atoms with Crippen molar-refractivity contribution in [2.75, 3.05) is 26.7 Å². The first-order chi connectivity index (χ1) is 13.5. The van der Waals surface area contributed by atoms with E-state index in [1.165, 1.54) is 0 Å². The highest BCUT2D eigenvalue weighted by atomic mass is 32.1. The van der Waals surface area contributed by atoms with Crippen LogP contribution in [0.1, 0.15) is 34.0 Å². The molecule has 1 atom stereocenters. The minimum Gasteiger partial charge on any atom is -0.347 e. The Balaban J connectivity index is 1.59. The van der Waals surface area contributed by atoms with Crippen LogP contribution in [0.3, 0.4) is 0 Å². The van der Waals surface area contributed by atoms with E-state index in [2.05, 4.69) is 20.4 Å². The van der Waals surface area contributed by atoms with Crippen molar-refractivity contribution in [2.45, 2.75) is 19.5 Å². The fourth-order valence-electron chi connectivity index (χ4n) is 3.39. The maximum absolute atomic E-state index is 12.6. The van der Waals surface area contributed by atoms with Crippen LogP contribution < -0.4 is 5.32 Å². The number of fused-ring (bicyclic) bond motifs is 1. The van der Waals surface area contributed by atoms with Crippen LogP contribution in [0.25, 0.3) is 5.65 Å². The molecule has 0 aliphatic carbocycles. The minimum absolute atomic E-state index is 0.0561. The number of rotatable bonds is 4. The van der Waals surface area contributed by atoms with Gasteiger partial charge in [-0.25, -0.2) is 0 Å². The molecule has 28 heavy (non-hydrogen) atoms. The summed E-state index contributed by atoms with van der Waals surface area (Å²) in [5, 5.41) is 13.5. The van der Waals surface area contributed by atoms with Crippen LogP contribution >= 0.6 is 11.3 Å². The molecule has 146 valence electrons. The second-order valence-corrected chi connectivity index (χ2v) is 7.96. The lowest BCUT2D eigenvalue weighted by Crippen LogP contribution is -2.48. The molecule has 0 radical (unpaired) electrons. The second-order valence-electron chi connectivity index (χ2n) is 6.93. The summed E-state index contributed by atoms with van der Waals surface area (Å²) >= 11 is 1.61. The predicted molar refractivity (Wildman–Crippen MR) is 106 cm³/mol. The molecule has 4 heterocycles. The number of carbonyl (C=O) groups excluding carboxylic acids is 2. The zero-order chi connectivity index (χ0) is 19.7. The van der Waals surface area contributed by atoms with Crippen molar-refractivity contribution in [3.05, 3.63) is 52.1 Å². The van der Waals surface area contributed by atoms with Gasteiger partial charge in [-0.15, -0.1) is 21.5 Å². The fourth-order valence-corrected chi connectivity index (χ4v) is 4.04. The Labute approximate surface area is 166 Å². The van der Waals surface area contributed by atoms with E-state index < -0.39 is 0 Å². The zero-order valence-corrected chi connectivity index (χ0v) is 16.6. The fraction of sp³-hybridized carbons (Fsp3) is 0.368. The van der Waals surface area contributed by atoms with Crippen LogP contribution in [0.5, 0.6) is 0 Å². The molecule has 1 aliphatic rings. The standard InChI is InChI=1S/C19H22N6O2S/c1-13(26)24-8-7-23(2)16(12-24)18-22-21-17-6-5-14(11-25(17)18)19(27)20-10-15-4-3-9-28-15/h3-6,9,11,16H,7-8,10,12H2,1-2H3,(H,20,27)/t16-/m1/s1. The first-order valence-corrected chi connectivity index (χ1v) is 10.0. The number of pyridine rings is 1. The molecular formula is C19H22N6O2S. The number of nitrogens with one attached hydrogen (secondary N) is 1. The van der Waals surface area contributed by atoms with Crippen molar-refractivity contribution in [3.8, 4) is 0 Å². The number of hydrogen-bond donors (Lipinski definition) is 1. The summed E-state index contributed by atoms with van der Waals surface area (Å²) in [6.45, 7) is 4.11. The van der Waals surface area contributed by atoms with E-state index in [-0.39, 0.29) is 17.9 Å². The topological polar surface area (TPSA) is 82.8 Å². The van der Waals surface area contributed by atoms with E-state index >= 15 is 0 Å². The van der Waals surface area contributed by atoms with Crippen LogP contribution in [0.4, 0.5) is 0 Å². The summed E-state index contributed by atoms with van der Waals surface area (Å²) in [5.74, 6) is 0.647. The van der Waals surface area contributed by atoms with Gasteiger partial charge in [-0.1, -0.05) is 6.07 Å². The van der Waals surface area contributed by atoms with Gasteiger partial charge in [0.2, 0.25) is 5.91 Å². The molecular weight excluding hydrogens is 376 g/mol. The molecule has 3 aromatic rings. The second kappa shape index (κ2) is 7.69. The molecule has 2 amide bonds. The van der Waals surface area contributed by atoms with E-state index in [4.69, 9.17) is 0 Å². The van der Waals surface area contributed by atoms with Gasteiger partial charge < -0.3 is 10.2 Å². The van der Waals surface area contributed by atoms with Crippen LogP contribution in [-0.2, 0) is 11.3 Å². The zero-order valence-electron chi connectivity index (χ0n) is 15.8. The smallest absolute Gasteiger partial charge is 0.253 e. The third-order valence-electron chi connectivity index (χ3n) is 5.09. The van der Waals surface area contributed by atoms with Crippen molar-refractivity contribution in [1.82, 2.24) is 29.7 Å². The number of hydrogen-bond acceptors (Lipinski definition) is 6. The number of carbonyl (C=O) groups is 2. The SMILES string of the molecule is CC(=O)N1CCN(C)[C@@H](c2nnc3ccc(C(=O)NCc4cccs4)cn23)C1. The summed E-state index contributed by atoms with van der Waals surface area (Å²) in [4.78, 5) is 29.5. The van der Waals surface area contributed by atoms with Gasteiger partial charge >= 0.3 is 0 Å². The van der Waals surface area contributed by atoms with E-state index in [0.29, 0.717) is 30.8 Å². The number of piperazine rings is 1. The van der Waals surface area contributed by atoms with Gasteiger partial charge in [0.1, 0.15) is 0 Å². The number of thiophene rings is 1. The van der Waals surface area contributed by atoms with E-state index in [1.807, 2.05) is 33.9 Å². The van der Waals surface area contributed by atoms with Crippen molar-refractivity contribution in [2.24, 2.45) is 0 Å². The normalized spacial score (nSPS) is 17.8. The Morgan fingerprint density at radius 1 is 1.25 bits per heavy atom. The van der Waals surface area contributed by atoms with Crippen LogP contribution in [0.15, 0.2) is 35.8 Å². The number of amides is 2. The molecule has 3 aromatic heterocycles. The molecule has 9 heteroatoms. The average Bonchev–Trinajstić information content (AvgIpc) is 3.35. The molecule has 0 saturated carbocycles. The average molecular weight is 398 g/mol. The van der Waals surface area contributed by atoms with Gasteiger partial charge in [0.25, 0.3) is 5.91 Å². The summed E-state index contributed by atoms with van der Waals surface area (Å²) < 4.78 is 1.85. The lowest BCUT2D eigenvalue weighted by atomic mass is 10.1. The highest BCUT2D eigenvalue weighted by molar-refractivity contribution is 7.09. The van der Waals surface area contributed by atoms with Gasteiger partial charge in [0.15, 0.2) is 11.5 Å². The van der Waals surface area contributed by atoms with Crippen molar-refractivity contribution >= 4 is 28.8 Å². The molecule has 1 aliphatic heterocycles. The van der Waals surface area contributed by atoms with Crippen molar-refractivity contribution in [3.63, 3.8) is 0 Å². The summed E-state index contributed by atoms with van der Waals surface area (Å²) in [5.41, 5.74) is 1.23. The lowest BCUT2D eigenvalue weighted by molar-refractivity contribution is -0.131. The van der Waals surface area contributed by atoms with Gasteiger partial charge in [0.05, 0.1) is 18.2 Å². The largest absolute Gasteiger partial charge is 0.347 e. The maximum Gasteiger partial charge on any atom is 0.253 e. The Morgan fingerprint density at radius 3 is 2.86 bits per heavy atom. The minimum atomic E-state index is -0.141. The Bertz CT molecular complexity index is 999. The molecule has 4 rings (SSSR count). The Hall–Kier alpha value is -2.78. The number of likely N-dealkylation sites (N-methyl/N-ethyl adjacent to an activating group) is 1. The molecule has 8 nitrogen and oxygen atoms in total. The molecule has 1 N–H and O–H groups in total. The lowest BCUT2D eigenvalue weighted by Gasteiger charge is -2.38. The number of aromatic nitrogens is 3. The first-order valence-electron chi connectivity index (χ1n) is 9.14. The Morgan fingerprint density at radius 2 is 2.11 bits per heavy atom. The van der Waals surface area contributed by atoms with Gasteiger partial charge in [-0.3, -0.25) is 18.9 Å². The van der Waals surface area contributed by atoms with Crippen molar-refractivity contribution < 1.29 is 9.59 Å². The van der Waals surface area contributed by atoms with E-state index in [9.17, 15) is 9.59 Å². The summed E-state index contributed by atoms with van der Waals surface area (Å²) in [6, 6.07) is 7.43.